The number of aromatic nitrogens is 3. The molecule has 0 bridgehead atoms. The first-order valence-corrected chi connectivity index (χ1v) is 6.30. The molecule has 0 amide bonds. The Morgan fingerprint density at radius 2 is 2.00 bits per heavy atom. The van der Waals surface area contributed by atoms with Crippen LogP contribution >= 0.6 is 11.8 Å². The van der Waals surface area contributed by atoms with Gasteiger partial charge in [-0.05, 0) is 18.2 Å². The van der Waals surface area contributed by atoms with E-state index in [0.717, 1.165) is 22.3 Å². The van der Waals surface area contributed by atoms with Crippen molar-refractivity contribution in [1.82, 2.24) is 14.8 Å². The average Bonchev–Trinajstić information content (AvgIpc) is 2.62. The Morgan fingerprint density at radius 3 is 2.69 bits per heavy atom. The zero-order valence-electron chi connectivity index (χ0n) is 9.77. The van der Waals surface area contributed by atoms with Crippen LogP contribution in [0.4, 0.5) is 0 Å². The predicted molar refractivity (Wildman–Crippen MR) is 67.6 cm³/mol. The highest BCUT2D eigenvalue weighted by molar-refractivity contribution is 7.99. The molecule has 0 aliphatic heterocycles. The van der Waals surface area contributed by atoms with Gasteiger partial charge in [0.05, 0.1) is 0 Å². The maximum absolute atomic E-state index is 4.26. The molecule has 0 saturated carbocycles. The Bertz CT molecular complexity index is 491. The number of thioether (sulfide) groups is 1. The number of rotatable bonds is 3. The molecule has 3 nitrogen and oxygen atoms in total. The molecule has 16 heavy (non-hydrogen) atoms. The van der Waals surface area contributed by atoms with E-state index in [1.54, 1.807) is 11.8 Å². The van der Waals surface area contributed by atoms with E-state index in [1.807, 2.05) is 19.2 Å². The maximum atomic E-state index is 4.26. The smallest absolute Gasteiger partial charge is 0.191 e. The topological polar surface area (TPSA) is 30.7 Å². The lowest BCUT2D eigenvalue weighted by Crippen LogP contribution is -1.96. The lowest BCUT2D eigenvalue weighted by atomic mass is 10.1. The predicted octanol–water partition coefficient (Wildman–Crippen LogP) is 2.90. The highest BCUT2D eigenvalue weighted by atomic mass is 32.2. The standard InChI is InChI=1S/C12H15N3S/c1-4-16-12-14-13-11(15(12)3)10-8-6-5-7-9(10)2/h5-8H,4H2,1-3H3. The number of benzene rings is 1. The third kappa shape index (κ3) is 1.97. The van der Waals surface area contributed by atoms with Gasteiger partial charge in [-0.2, -0.15) is 0 Å². The Balaban J connectivity index is 2.45. The van der Waals surface area contributed by atoms with Gasteiger partial charge in [-0.3, -0.25) is 0 Å². The highest BCUT2D eigenvalue weighted by Crippen LogP contribution is 2.24. The summed E-state index contributed by atoms with van der Waals surface area (Å²) in [6.07, 6.45) is 0. The van der Waals surface area contributed by atoms with Crippen molar-refractivity contribution in [2.75, 3.05) is 5.75 Å². The minimum absolute atomic E-state index is 0.939. The summed E-state index contributed by atoms with van der Waals surface area (Å²) in [5.74, 6) is 1.95. The SMILES string of the molecule is CCSc1nnc(-c2ccccc2C)n1C. The van der Waals surface area contributed by atoms with Crippen molar-refractivity contribution in [1.29, 1.82) is 0 Å². The number of hydrogen-bond donors (Lipinski definition) is 0. The molecule has 0 radical (unpaired) electrons. The van der Waals surface area contributed by atoms with Crippen LogP contribution in [-0.2, 0) is 7.05 Å². The van der Waals surface area contributed by atoms with Crippen LogP contribution in [0.2, 0.25) is 0 Å². The van der Waals surface area contributed by atoms with E-state index in [4.69, 9.17) is 0 Å². The van der Waals surface area contributed by atoms with Crippen LogP contribution in [0.1, 0.15) is 12.5 Å². The van der Waals surface area contributed by atoms with Crippen LogP contribution in [-0.4, -0.2) is 20.5 Å². The van der Waals surface area contributed by atoms with Crippen LogP contribution in [0.15, 0.2) is 29.4 Å². The maximum Gasteiger partial charge on any atom is 0.191 e. The Labute approximate surface area is 99.9 Å². The molecule has 0 atom stereocenters. The monoisotopic (exact) mass is 233 g/mol. The van der Waals surface area contributed by atoms with Crippen molar-refractivity contribution in [3.63, 3.8) is 0 Å². The van der Waals surface area contributed by atoms with Gasteiger partial charge in [0, 0.05) is 12.6 Å². The molecule has 2 rings (SSSR count). The van der Waals surface area contributed by atoms with Gasteiger partial charge in [0.1, 0.15) is 0 Å². The molecular formula is C12H15N3S. The fourth-order valence-electron chi connectivity index (χ4n) is 1.63. The summed E-state index contributed by atoms with van der Waals surface area (Å²) in [7, 11) is 2.01. The Morgan fingerprint density at radius 1 is 1.25 bits per heavy atom. The van der Waals surface area contributed by atoms with Crippen molar-refractivity contribution in [2.45, 2.75) is 19.0 Å². The van der Waals surface area contributed by atoms with Crippen LogP contribution in [0.3, 0.4) is 0 Å². The van der Waals surface area contributed by atoms with Crippen molar-refractivity contribution >= 4 is 11.8 Å². The average molecular weight is 233 g/mol. The zero-order valence-corrected chi connectivity index (χ0v) is 10.6. The van der Waals surface area contributed by atoms with Crippen molar-refractivity contribution in [3.8, 4) is 11.4 Å². The van der Waals surface area contributed by atoms with E-state index in [9.17, 15) is 0 Å². The van der Waals surface area contributed by atoms with E-state index in [1.165, 1.54) is 5.56 Å². The summed E-state index contributed by atoms with van der Waals surface area (Å²) in [5.41, 5.74) is 2.38. The second-order valence-electron chi connectivity index (χ2n) is 3.61. The van der Waals surface area contributed by atoms with Gasteiger partial charge >= 0.3 is 0 Å². The van der Waals surface area contributed by atoms with Crippen LogP contribution in [0, 0.1) is 6.92 Å². The summed E-state index contributed by atoms with van der Waals surface area (Å²) in [6, 6.07) is 8.25. The third-order valence-electron chi connectivity index (χ3n) is 2.49. The van der Waals surface area contributed by atoms with E-state index in [-0.39, 0.29) is 0 Å². The van der Waals surface area contributed by atoms with Gasteiger partial charge in [0.15, 0.2) is 11.0 Å². The highest BCUT2D eigenvalue weighted by Gasteiger charge is 2.11. The van der Waals surface area contributed by atoms with E-state index < -0.39 is 0 Å². The zero-order chi connectivity index (χ0) is 11.5. The first-order chi connectivity index (χ1) is 7.74. The molecule has 0 aliphatic rings. The molecular weight excluding hydrogens is 218 g/mol. The molecule has 0 unspecified atom stereocenters. The molecule has 2 aromatic rings. The fourth-order valence-corrected chi connectivity index (χ4v) is 2.26. The van der Waals surface area contributed by atoms with Gasteiger partial charge in [-0.1, -0.05) is 43.0 Å². The summed E-state index contributed by atoms with van der Waals surface area (Å²) in [6.45, 7) is 4.21. The second-order valence-corrected chi connectivity index (χ2v) is 4.84. The number of nitrogens with zero attached hydrogens (tertiary/aromatic N) is 3. The van der Waals surface area contributed by atoms with Gasteiger partial charge in [-0.25, -0.2) is 0 Å². The fraction of sp³-hybridized carbons (Fsp3) is 0.333. The molecule has 84 valence electrons. The molecule has 0 spiro atoms. The Hall–Kier alpha value is -1.29. The first-order valence-electron chi connectivity index (χ1n) is 5.32. The lowest BCUT2D eigenvalue weighted by molar-refractivity contribution is 0.794. The van der Waals surface area contributed by atoms with Crippen LogP contribution in [0.25, 0.3) is 11.4 Å². The van der Waals surface area contributed by atoms with E-state index in [2.05, 4.69) is 40.7 Å². The van der Waals surface area contributed by atoms with Crippen LogP contribution in [0.5, 0.6) is 0 Å². The van der Waals surface area contributed by atoms with Gasteiger partial charge in [-0.15, -0.1) is 10.2 Å². The molecule has 4 heteroatoms. The Kier molecular flexibility index (Phi) is 3.29. The molecule has 1 heterocycles. The van der Waals surface area contributed by atoms with Crippen molar-refractivity contribution < 1.29 is 0 Å². The molecule has 0 fully saturated rings. The largest absolute Gasteiger partial charge is 0.305 e. The number of aryl methyl sites for hydroxylation is 1. The minimum atomic E-state index is 0.939. The summed E-state index contributed by atoms with van der Waals surface area (Å²) in [5, 5.41) is 9.43. The third-order valence-corrected chi connectivity index (χ3v) is 3.40. The number of hydrogen-bond acceptors (Lipinski definition) is 3. The molecule has 0 N–H and O–H groups in total. The van der Waals surface area contributed by atoms with Crippen molar-refractivity contribution in [3.05, 3.63) is 29.8 Å². The first kappa shape index (κ1) is 11.2. The lowest BCUT2D eigenvalue weighted by Gasteiger charge is -2.05. The normalized spacial score (nSPS) is 10.7. The minimum Gasteiger partial charge on any atom is -0.305 e. The van der Waals surface area contributed by atoms with E-state index >= 15 is 0 Å². The van der Waals surface area contributed by atoms with Crippen LogP contribution < -0.4 is 0 Å². The quantitative estimate of drug-likeness (QED) is 0.764. The van der Waals surface area contributed by atoms with Gasteiger partial charge in [0.2, 0.25) is 0 Å². The molecule has 0 saturated heterocycles. The second kappa shape index (κ2) is 4.70. The van der Waals surface area contributed by atoms with Crippen molar-refractivity contribution in [2.24, 2.45) is 7.05 Å². The summed E-state index contributed by atoms with van der Waals surface area (Å²) < 4.78 is 2.05. The molecule has 0 aliphatic carbocycles. The van der Waals surface area contributed by atoms with E-state index in [0.29, 0.717) is 0 Å². The summed E-state index contributed by atoms with van der Waals surface area (Å²) in [4.78, 5) is 0. The van der Waals surface area contributed by atoms with Gasteiger partial charge in [0.25, 0.3) is 0 Å². The van der Waals surface area contributed by atoms with Gasteiger partial charge < -0.3 is 4.57 Å². The molecule has 1 aromatic heterocycles. The summed E-state index contributed by atoms with van der Waals surface area (Å²) >= 11 is 1.71. The molecule has 1 aromatic carbocycles.